The van der Waals surface area contributed by atoms with Crippen molar-refractivity contribution in [2.45, 2.75) is 20.4 Å². The van der Waals surface area contributed by atoms with E-state index < -0.39 is 4.92 Å². The Bertz CT molecular complexity index is 567. The number of rotatable bonds is 4. The summed E-state index contributed by atoms with van der Waals surface area (Å²) in [5.74, 6) is 1.42. The highest BCUT2D eigenvalue weighted by molar-refractivity contribution is 5.54. The van der Waals surface area contributed by atoms with Gasteiger partial charge in [0.2, 0.25) is 11.7 Å². The van der Waals surface area contributed by atoms with Gasteiger partial charge in [0.15, 0.2) is 0 Å². The molecular weight excluding hydrogens is 238 g/mol. The normalized spacial score (nSPS) is 10.6. The summed E-state index contributed by atoms with van der Waals surface area (Å²) >= 11 is 0. The lowest BCUT2D eigenvalue weighted by atomic mass is 10.4. The molecule has 1 N–H and O–H groups in total. The number of nitro groups is 1. The standard InChI is InChI=1S/C10H13N5O3/c1-6-7(2)18-9(12-6)4-11-10-8(15(16)17)5-14(3)13-10/h5H,4H2,1-3H3,(H,11,13). The lowest BCUT2D eigenvalue weighted by Crippen LogP contribution is -2.03. The average molecular weight is 251 g/mol. The van der Waals surface area contributed by atoms with Crippen molar-refractivity contribution < 1.29 is 9.34 Å². The molecule has 0 bridgehead atoms. The summed E-state index contributed by atoms with van der Waals surface area (Å²) in [4.78, 5) is 14.5. The number of nitrogens with zero attached hydrogens (tertiary/aromatic N) is 4. The minimum atomic E-state index is -0.485. The molecule has 2 rings (SSSR count). The summed E-state index contributed by atoms with van der Waals surface area (Å²) in [5, 5.41) is 17.6. The highest BCUT2D eigenvalue weighted by Crippen LogP contribution is 2.22. The Morgan fingerprint density at radius 1 is 1.56 bits per heavy atom. The zero-order chi connectivity index (χ0) is 13.3. The number of aromatic nitrogens is 3. The molecule has 0 amide bonds. The van der Waals surface area contributed by atoms with Crippen LogP contribution in [0.1, 0.15) is 17.3 Å². The number of oxazole rings is 1. The minimum Gasteiger partial charge on any atom is -0.444 e. The Balaban J connectivity index is 2.12. The van der Waals surface area contributed by atoms with E-state index in [9.17, 15) is 10.1 Å². The average Bonchev–Trinajstić information content (AvgIpc) is 2.80. The van der Waals surface area contributed by atoms with Crippen molar-refractivity contribution >= 4 is 11.5 Å². The fourth-order valence-electron chi connectivity index (χ4n) is 1.51. The lowest BCUT2D eigenvalue weighted by molar-refractivity contribution is -0.384. The van der Waals surface area contributed by atoms with E-state index in [1.165, 1.54) is 10.9 Å². The molecule has 0 spiro atoms. The van der Waals surface area contributed by atoms with Crippen LogP contribution in [-0.4, -0.2) is 19.7 Å². The maximum absolute atomic E-state index is 10.8. The molecule has 0 aliphatic rings. The molecule has 0 unspecified atom stereocenters. The largest absolute Gasteiger partial charge is 0.444 e. The van der Waals surface area contributed by atoms with E-state index in [1.54, 1.807) is 7.05 Å². The number of anilines is 1. The Hall–Kier alpha value is -2.38. The molecule has 0 aromatic carbocycles. The molecule has 2 heterocycles. The molecule has 0 saturated heterocycles. The zero-order valence-electron chi connectivity index (χ0n) is 10.3. The van der Waals surface area contributed by atoms with E-state index in [1.807, 2.05) is 13.8 Å². The van der Waals surface area contributed by atoms with Gasteiger partial charge in [0.25, 0.3) is 0 Å². The van der Waals surface area contributed by atoms with E-state index in [2.05, 4.69) is 15.4 Å². The van der Waals surface area contributed by atoms with Crippen molar-refractivity contribution in [2.24, 2.45) is 7.05 Å². The fraction of sp³-hybridized carbons (Fsp3) is 0.400. The summed E-state index contributed by atoms with van der Waals surface area (Å²) < 4.78 is 6.75. The van der Waals surface area contributed by atoms with Crippen LogP contribution < -0.4 is 5.32 Å². The van der Waals surface area contributed by atoms with Crippen molar-refractivity contribution in [3.8, 4) is 0 Å². The molecule has 0 atom stereocenters. The highest BCUT2D eigenvalue weighted by Gasteiger charge is 2.18. The van der Waals surface area contributed by atoms with Crippen LogP contribution in [0.3, 0.4) is 0 Å². The second-order valence-electron chi connectivity index (χ2n) is 3.90. The topological polar surface area (TPSA) is 99.0 Å². The first-order chi connectivity index (χ1) is 8.47. The third kappa shape index (κ3) is 2.31. The number of aryl methyl sites for hydroxylation is 3. The van der Waals surface area contributed by atoms with E-state index in [4.69, 9.17) is 4.42 Å². The predicted octanol–water partition coefficient (Wildman–Crippen LogP) is 1.55. The van der Waals surface area contributed by atoms with Gasteiger partial charge in [-0.1, -0.05) is 0 Å². The summed E-state index contributed by atoms with van der Waals surface area (Å²) in [6.45, 7) is 3.91. The van der Waals surface area contributed by atoms with Gasteiger partial charge in [-0.25, -0.2) is 4.98 Å². The second kappa shape index (κ2) is 4.47. The third-order valence-electron chi connectivity index (χ3n) is 2.49. The van der Waals surface area contributed by atoms with Crippen LogP contribution in [0, 0.1) is 24.0 Å². The Morgan fingerprint density at radius 3 is 2.83 bits per heavy atom. The third-order valence-corrected chi connectivity index (χ3v) is 2.49. The van der Waals surface area contributed by atoms with Gasteiger partial charge in [0.1, 0.15) is 12.0 Å². The molecule has 8 heteroatoms. The summed E-state index contributed by atoms with van der Waals surface area (Å²) in [6.07, 6.45) is 1.34. The van der Waals surface area contributed by atoms with Crippen LogP contribution in [0.5, 0.6) is 0 Å². The van der Waals surface area contributed by atoms with Gasteiger partial charge in [-0.2, -0.15) is 0 Å². The number of nitrogens with one attached hydrogen (secondary N) is 1. The monoisotopic (exact) mass is 251 g/mol. The highest BCUT2D eigenvalue weighted by atomic mass is 16.6. The van der Waals surface area contributed by atoms with Gasteiger partial charge in [-0.3, -0.25) is 14.8 Å². The van der Waals surface area contributed by atoms with Crippen LogP contribution >= 0.6 is 0 Å². The molecule has 2 aromatic heterocycles. The van der Waals surface area contributed by atoms with Crippen molar-refractivity contribution in [3.05, 3.63) is 33.7 Å². The molecular formula is C10H13N5O3. The fourth-order valence-corrected chi connectivity index (χ4v) is 1.51. The van der Waals surface area contributed by atoms with Crippen molar-refractivity contribution in [1.29, 1.82) is 0 Å². The summed E-state index contributed by atoms with van der Waals surface area (Å²) in [6, 6.07) is 0. The van der Waals surface area contributed by atoms with Crippen LogP contribution in [0.15, 0.2) is 10.6 Å². The minimum absolute atomic E-state index is 0.0718. The van der Waals surface area contributed by atoms with Gasteiger partial charge in [-0.05, 0) is 13.8 Å². The van der Waals surface area contributed by atoms with E-state index in [-0.39, 0.29) is 18.1 Å². The smallest absolute Gasteiger partial charge is 0.330 e. The molecule has 0 radical (unpaired) electrons. The molecule has 18 heavy (non-hydrogen) atoms. The molecule has 0 saturated carbocycles. The van der Waals surface area contributed by atoms with Crippen molar-refractivity contribution in [1.82, 2.24) is 14.8 Å². The molecule has 2 aromatic rings. The first kappa shape index (κ1) is 12.1. The lowest BCUT2D eigenvalue weighted by Gasteiger charge is -1.98. The number of hydrogen-bond donors (Lipinski definition) is 1. The van der Waals surface area contributed by atoms with Gasteiger partial charge in [0, 0.05) is 7.05 Å². The number of hydrogen-bond acceptors (Lipinski definition) is 6. The van der Waals surface area contributed by atoms with Crippen LogP contribution in [0.4, 0.5) is 11.5 Å². The van der Waals surface area contributed by atoms with Gasteiger partial charge in [0.05, 0.1) is 17.2 Å². The molecule has 0 aliphatic carbocycles. The van der Waals surface area contributed by atoms with Gasteiger partial charge in [-0.15, -0.1) is 5.10 Å². The van der Waals surface area contributed by atoms with Crippen LogP contribution in [0.25, 0.3) is 0 Å². The van der Waals surface area contributed by atoms with Gasteiger partial charge >= 0.3 is 5.69 Å². The first-order valence-electron chi connectivity index (χ1n) is 5.32. The first-order valence-corrected chi connectivity index (χ1v) is 5.32. The second-order valence-corrected chi connectivity index (χ2v) is 3.90. The zero-order valence-corrected chi connectivity index (χ0v) is 10.3. The Kier molecular flexibility index (Phi) is 3.00. The Labute approximate surface area is 103 Å². The quantitative estimate of drug-likeness (QED) is 0.653. The Morgan fingerprint density at radius 2 is 2.28 bits per heavy atom. The van der Waals surface area contributed by atoms with Crippen LogP contribution in [-0.2, 0) is 13.6 Å². The van der Waals surface area contributed by atoms with Crippen LogP contribution in [0.2, 0.25) is 0 Å². The summed E-state index contributed by atoms with van der Waals surface area (Å²) in [5.41, 5.74) is 0.736. The van der Waals surface area contributed by atoms with E-state index in [0.29, 0.717) is 5.89 Å². The predicted molar refractivity (Wildman–Crippen MR) is 63.2 cm³/mol. The van der Waals surface area contributed by atoms with E-state index >= 15 is 0 Å². The molecule has 0 aliphatic heterocycles. The van der Waals surface area contributed by atoms with Gasteiger partial charge < -0.3 is 9.73 Å². The molecule has 8 nitrogen and oxygen atoms in total. The molecule has 0 fully saturated rings. The van der Waals surface area contributed by atoms with Crippen molar-refractivity contribution in [2.75, 3.05) is 5.32 Å². The molecule has 96 valence electrons. The SMILES string of the molecule is Cc1nc(CNc2nn(C)cc2[N+](=O)[O-])oc1C. The maximum Gasteiger partial charge on any atom is 0.330 e. The van der Waals surface area contributed by atoms with Crippen molar-refractivity contribution in [3.63, 3.8) is 0 Å². The van der Waals surface area contributed by atoms with E-state index in [0.717, 1.165) is 11.5 Å². The summed E-state index contributed by atoms with van der Waals surface area (Å²) in [7, 11) is 1.62. The maximum atomic E-state index is 10.8.